The van der Waals surface area contributed by atoms with E-state index < -0.39 is 12.1 Å². The molecule has 110 valence electrons. The highest BCUT2D eigenvalue weighted by molar-refractivity contribution is 9.10. The van der Waals surface area contributed by atoms with Crippen molar-refractivity contribution in [3.05, 3.63) is 34.3 Å². The van der Waals surface area contributed by atoms with E-state index in [1.165, 1.54) is 4.90 Å². The number of halogens is 1. The van der Waals surface area contributed by atoms with E-state index >= 15 is 0 Å². The second-order valence-electron chi connectivity index (χ2n) is 4.36. The van der Waals surface area contributed by atoms with Crippen molar-refractivity contribution in [2.24, 2.45) is 0 Å². The Hall–Kier alpha value is -1.60. The Labute approximate surface area is 125 Å². The monoisotopic (exact) mass is 344 g/mol. The molecule has 0 saturated carbocycles. The average molecular weight is 345 g/mol. The molecule has 0 aromatic heterocycles. The van der Waals surface area contributed by atoms with Gasteiger partial charge in [-0.1, -0.05) is 28.1 Å². The summed E-state index contributed by atoms with van der Waals surface area (Å²) in [7, 11) is 1.64. The third-order valence-corrected chi connectivity index (χ3v) is 3.19. The number of hydrogen-bond acceptors (Lipinski definition) is 3. The molecule has 20 heavy (non-hydrogen) atoms. The number of carbonyl (C=O) groups is 2. The maximum Gasteiger partial charge on any atom is 0.332 e. The van der Waals surface area contributed by atoms with E-state index in [0.717, 1.165) is 10.0 Å². The summed E-state index contributed by atoms with van der Waals surface area (Å²) in [5, 5.41) is 20.1. The number of urea groups is 1. The van der Waals surface area contributed by atoms with Crippen LogP contribution < -0.4 is 5.32 Å². The lowest BCUT2D eigenvalue weighted by molar-refractivity contribution is -0.146. The smallest absolute Gasteiger partial charge is 0.332 e. The van der Waals surface area contributed by atoms with Crippen molar-refractivity contribution in [2.45, 2.75) is 19.1 Å². The maximum absolute atomic E-state index is 11.7. The fraction of sp³-hybridized carbons (Fsp3) is 0.385. The summed E-state index contributed by atoms with van der Waals surface area (Å²) in [6.07, 6.45) is -1.47. The number of nitrogens with zero attached hydrogens (tertiary/aromatic N) is 1. The van der Waals surface area contributed by atoms with Crippen LogP contribution in [0.5, 0.6) is 0 Å². The van der Waals surface area contributed by atoms with Gasteiger partial charge in [-0.05, 0) is 17.7 Å². The molecule has 0 heterocycles. The maximum atomic E-state index is 11.7. The number of amides is 2. The van der Waals surface area contributed by atoms with E-state index in [1.807, 2.05) is 24.3 Å². The first-order valence-corrected chi connectivity index (χ1v) is 6.83. The molecule has 1 atom stereocenters. The molecule has 0 bridgehead atoms. The van der Waals surface area contributed by atoms with E-state index in [0.29, 0.717) is 6.54 Å². The Morgan fingerprint density at radius 3 is 2.50 bits per heavy atom. The van der Waals surface area contributed by atoms with Crippen LogP contribution in [-0.4, -0.2) is 46.8 Å². The van der Waals surface area contributed by atoms with E-state index in [4.69, 9.17) is 10.2 Å². The fourth-order valence-electron chi connectivity index (χ4n) is 1.51. The largest absolute Gasteiger partial charge is 0.479 e. The van der Waals surface area contributed by atoms with Crippen molar-refractivity contribution >= 4 is 27.9 Å². The van der Waals surface area contributed by atoms with Crippen LogP contribution in [-0.2, 0) is 11.3 Å². The van der Waals surface area contributed by atoms with Gasteiger partial charge < -0.3 is 20.4 Å². The highest BCUT2D eigenvalue weighted by Crippen LogP contribution is 2.11. The quantitative estimate of drug-likeness (QED) is 0.728. The minimum Gasteiger partial charge on any atom is -0.479 e. The van der Waals surface area contributed by atoms with Crippen LogP contribution >= 0.6 is 15.9 Å². The summed E-state index contributed by atoms with van der Waals surface area (Å²) in [6, 6.07) is 7.28. The summed E-state index contributed by atoms with van der Waals surface area (Å²) in [5.74, 6) is -1.29. The molecular weight excluding hydrogens is 328 g/mol. The number of nitrogens with one attached hydrogen (secondary N) is 1. The van der Waals surface area contributed by atoms with Crippen molar-refractivity contribution in [2.75, 3.05) is 13.6 Å². The molecule has 0 unspecified atom stereocenters. The predicted octanol–water partition coefficient (Wildman–Crippen LogP) is 1.43. The van der Waals surface area contributed by atoms with Gasteiger partial charge in [-0.25, -0.2) is 9.59 Å². The van der Waals surface area contributed by atoms with Crippen molar-refractivity contribution in [3.8, 4) is 0 Å². The number of carbonyl (C=O) groups excluding carboxylic acids is 1. The lowest BCUT2D eigenvalue weighted by Gasteiger charge is -2.18. The summed E-state index contributed by atoms with van der Waals surface area (Å²) in [6.45, 7) is 0.553. The number of rotatable bonds is 6. The molecule has 0 fully saturated rings. The van der Waals surface area contributed by atoms with Gasteiger partial charge in [-0.3, -0.25) is 0 Å². The predicted molar refractivity (Wildman–Crippen MR) is 77.3 cm³/mol. The molecule has 3 N–H and O–H groups in total. The third kappa shape index (κ3) is 5.58. The minimum atomic E-state index is -1.45. The number of carboxylic acid groups (broad SMARTS) is 1. The van der Waals surface area contributed by atoms with E-state index in [1.54, 1.807) is 7.05 Å². The van der Waals surface area contributed by atoms with E-state index in [2.05, 4.69) is 21.2 Å². The van der Waals surface area contributed by atoms with Crippen molar-refractivity contribution in [3.63, 3.8) is 0 Å². The topological polar surface area (TPSA) is 89.9 Å². The standard InChI is InChI=1S/C13H17BrN2O4/c1-16(8-9-2-4-10(14)5-3-9)13(20)15-7-6-11(17)12(18)19/h2-5,11,17H,6-8H2,1H3,(H,15,20)(H,18,19)/t11-/m0/s1. The molecule has 0 saturated heterocycles. The highest BCUT2D eigenvalue weighted by atomic mass is 79.9. The number of hydrogen-bond donors (Lipinski definition) is 3. The number of aliphatic carboxylic acids is 1. The SMILES string of the molecule is CN(Cc1ccc(Br)cc1)C(=O)NCC[C@H](O)C(=O)O. The average Bonchev–Trinajstić information content (AvgIpc) is 2.40. The van der Waals surface area contributed by atoms with Gasteiger partial charge in [0.15, 0.2) is 6.10 Å². The Bertz CT molecular complexity index is 464. The first-order valence-electron chi connectivity index (χ1n) is 6.04. The molecular formula is C13H17BrN2O4. The zero-order valence-corrected chi connectivity index (χ0v) is 12.6. The summed E-state index contributed by atoms with van der Waals surface area (Å²) in [4.78, 5) is 23.6. The van der Waals surface area contributed by atoms with Gasteiger partial charge in [0.2, 0.25) is 0 Å². The van der Waals surface area contributed by atoms with Crippen LogP contribution in [0.25, 0.3) is 0 Å². The number of aliphatic hydroxyl groups excluding tert-OH is 1. The first kappa shape index (κ1) is 16.5. The van der Waals surface area contributed by atoms with Gasteiger partial charge in [0.1, 0.15) is 0 Å². The zero-order chi connectivity index (χ0) is 15.1. The van der Waals surface area contributed by atoms with Crippen LogP contribution in [0.1, 0.15) is 12.0 Å². The molecule has 7 heteroatoms. The molecule has 6 nitrogen and oxygen atoms in total. The van der Waals surface area contributed by atoms with Crippen LogP contribution in [0.2, 0.25) is 0 Å². The Balaban J connectivity index is 2.35. The molecule has 2 amide bonds. The van der Waals surface area contributed by atoms with E-state index in [9.17, 15) is 9.59 Å². The molecule has 0 aliphatic heterocycles. The number of benzene rings is 1. The van der Waals surface area contributed by atoms with Gasteiger partial charge in [0.05, 0.1) is 0 Å². The second kappa shape index (κ2) is 7.86. The van der Waals surface area contributed by atoms with E-state index in [-0.39, 0.29) is 19.0 Å². The number of carboxylic acids is 1. The van der Waals surface area contributed by atoms with Crippen molar-refractivity contribution in [1.82, 2.24) is 10.2 Å². The Morgan fingerprint density at radius 1 is 1.35 bits per heavy atom. The molecule has 1 rings (SSSR count). The Morgan fingerprint density at radius 2 is 1.95 bits per heavy atom. The molecule has 0 radical (unpaired) electrons. The van der Waals surface area contributed by atoms with Gasteiger partial charge in [-0.15, -0.1) is 0 Å². The first-order chi connectivity index (χ1) is 9.40. The van der Waals surface area contributed by atoms with Gasteiger partial charge in [-0.2, -0.15) is 0 Å². The molecule has 0 aliphatic carbocycles. The second-order valence-corrected chi connectivity index (χ2v) is 5.27. The summed E-state index contributed by atoms with van der Waals surface area (Å²) < 4.78 is 0.969. The molecule has 1 aromatic carbocycles. The third-order valence-electron chi connectivity index (χ3n) is 2.66. The zero-order valence-electron chi connectivity index (χ0n) is 11.0. The van der Waals surface area contributed by atoms with Crippen LogP contribution in [0, 0.1) is 0 Å². The normalized spacial score (nSPS) is 11.8. The van der Waals surface area contributed by atoms with Crippen LogP contribution in [0.4, 0.5) is 4.79 Å². The van der Waals surface area contributed by atoms with Gasteiger partial charge in [0.25, 0.3) is 0 Å². The van der Waals surface area contributed by atoms with Crippen molar-refractivity contribution < 1.29 is 19.8 Å². The fourth-order valence-corrected chi connectivity index (χ4v) is 1.77. The van der Waals surface area contributed by atoms with Gasteiger partial charge >= 0.3 is 12.0 Å². The van der Waals surface area contributed by atoms with Crippen molar-refractivity contribution in [1.29, 1.82) is 0 Å². The lowest BCUT2D eigenvalue weighted by atomic mass is 10.2. The lowest BCUT2D eigenvalue weighted by Crippen LogP contribution is -2.38. The number of aliphatic hydroxyl groups is 1. The molecule has 1 aromatic rings. The highest BCUT2D eigenvalue weighted by Gasteiger charge is 2.14. The Kier molecular flexibility index (Phi) is 6.47. The van der Waals surface area contributed by atoms with Crippen LogP contribution in [0.3, 0.4) is 0 Å². The molecule has 0 spiro atoms. The minimum absolute atomic E-state index is 0.0206. The molecule has 0 aliphatic rings. The van der Waals surface area contributed by atoms with Crippen LogP contribution in [0.15, 0.2) is 28.7 Å². The van der Waals surface area contributed by atoms with Gasteiger partial charge in [0, 0.05) is 31.0 Å². The summed E-state index contributed by atoms with van der Waals surface area (Å²) >= 11 is 3.34. The summed E-state index contributed by atoms with van der Waals surface area (Å²) in [5.41, 5.74) is 0.983.